The molecule has 0 atom stereocenters. The van der Waals surface area contributed by atoms with E-state index in [1.165, 1.54) is 0 Å². The number of rotatable bonds is 6. The monoisotopic (exact) mass is 864 g/mol. The average Bonchev–Trinajstić information content (AvgIpc) is 3.89. The Morgan fingerprint density at radius 1 is 0.844 bits per heavy atom. The first kappa shape index (κ1) is 48.4. The zero-order valence-corrected chi connectivity index (χ0v) is 35.0. The molecule has 1 saturated heterocycles. The lowest BCUT2D eigenvalue weighted by Gasteiger charge is -2.26. The molecule has 16 heteroatoms. The number of fused-ring (bicyclic) bond motifs is 1. The second-order valence-corrected chi connectivity index (χ2v) is 11.7. The van der Waals surface area contributed by atoms with Crippen LogP contribution in [0.25, 0.3) is 33.3 Å². The Labute approximate surface area is 383 Å². The van der Waals surface area contributed by atoms with Crippen LogP contribution in [0.1, 0.15) is 54.1 Å². The Bertz CT molecular complexity index is 3090. The van der Waals surface area contributed by atoms with Crippen LogP contribution < -0.4 is 16.5 Å². The van der Waals surface area contributed by atoms with Gasteiger partial charge in [0.2, 0.25) is 22.3 Å². The number of benzene rings is 2. The molecular formula is C48H52N10O6. The highest BCUT2D eigenvalue weighted by Gasteiger charge is 2.21. The Hall–Kier alpha value is -9.93. The number of carbonyl (C=O) groups is 1. The third-order valence-electron chi connectivity index (χ3n) is 7.77. The molecule has 1 aliphatic rings. The van der Waals surface area contributed by atoms with E-state index < -0.39 is 10.9 Å². The highest BCUT2D eigenvalue weighted by molar-refractivity contribution is 6.01. The van der Waals surface area contributed by atoms with Crippen LogP contribution in [0.3, 0.4) is 0 Å². The Morgan fingerprint density at radius 3 is 1.80 bits per heavy atom. The van der Waals surface area contributed by atoms with Crippen molar-refractivity contribution >= 4 is 22.9 Å². The molecule has 1 aliphatic heterocycles. The van der Waals surface area contributed by atoms with Crippen molar-refractivity contribution < 1.29 is 42.2 Å². The van der Waals surface area contributed by atoms with Crippen LogP contribution in [0.5, 0.6) is 0 Å². The van der Waals surface area contributed by atoms with E-state index in [1.54, 1.807) is 19.9 Å². The topological polar surface area (TPSA) is 229 Å². The minimum atomic E-state index is -0.573. The van der Waals surface area contributed by atoms with Crippen molar-refractivity contribution in [3.8, 4) is 153 Å². The number of imidazole rings is 1. The number of morpholine rings is 1. The highest BCUT2D eigenvalue weighted by atomic mass is 17.2. The number of hydrogen-bond donors (Lipinski definition) is 4. The van der Waals surface area contributed by atoms with Gasteiger partial charge in [0.1, 0.15) is 5.76 Å². The maximum absolute atomic E-state index is 12.0. The normalized spacial score (nSPS) is 10.2. The summed E-state index contributed by atoms with van der Waals surface area (Å²) in [6, 6.07) is 9.77. The Morgan fingerprint density at radius 2 is 1.36 bits per heavy atom. The number of aryl methyl sites for hydroxylation is 2. The summed E-state index contributed by atoms with van der Waals surface area (Å²) in [6.07, 6.45) is 0. The van der Waals surface area contributed by atoms with Gasteiger partial charge < -0.3 is 35.1 Å². The van der Waals surface area contributed by atoms with Gasteiger partial charge in [-0.15, -0.1) is 0 Å². The molecule has 3 heterocycles. The molecule has 5 rings (SSSR count). The summed E-state index contributed by atoms with van der Waals surface area (Å²) in [7, 11) is 0. The van der Waals surface area contributed by atoms with Crippen molar-refractivity contribution in [2.24, 2.45) is 27.2 Å². The summed E-state index contributed by atoms with van der Waals surface area (Å²) in [5, 5.41) is 28.3. The number of anilines is 1. The number of carbonyl (C=O) groups excluding carboxylic acids is 1. The molecule has 0 spiro atoms. The minimum Gasteiger partial charge on any atom is -0.378 e. The zero-order valence-electron chi connectivity index (χ0n) is 35.0. The first-order valence-electron chi connectivity index (χ1n) is 18.3. The third-order valence-corrected chi connectivity index (χ3v) is 7.77. The van der Waals surface area contributed by atoms with Crippen LogP contribution in [0, 0.1) is 156 Å². The van der Waals surface area contributed by atoms with Crippen LogP contribution in [0.2, 0.25) is 0 Å². The maximum atomic E-state index is 12.0. The van der Waals surface area contributed by atoms with Gasteiger partial charge in [0.15, 0.2) is 0 Å². The number of amides is 1. The molecule has 0 aliphatic carbocycles. The fourth-order valence-corrected chi connectivity index (χ4v) is 5.23. The van der Waals surface area contributed by atoms with Crippen LogP contribution in [0.4, 0.5) is 5.95 Å². The molecule has 4 aromatic rings. The van der Waals surface area contributed by atoms with Gasteiger partial charge >= 0.3 is 0 Å². The van der Waals surface area contributed by atoms with Gasteiger partial charge in [-0.2, -0.15) is 0 Å². The molecule has 0 saturated carbocycles. The van der Waals surface area contributed by atoms with E-state index in [0.29, 0.717) is 18.8 Å². The van der Waals surface area contributed by atoms with Crippen LogP contribution in [-0.2, 0) is 9.73 Å². The van der Waals surface area contributed by atoms with E-state index in [2.05, 4.69) is 184 Å². The van der Waals surface area contributed by atoms with Crippen molar-refractivity contribution in [2.45, 2.75) is 34.6 Å². The second kappa shape index (κ2) is 27.7. The van der Waals surface area contributed by atoms with Crippen molar-refractivity contribution in [3.63, 3.8) is 0 Å². The Kier molecular flexibility index (Phi) is 21.0. The predicted molar refractivity (Wildman–Crippen MR) is 258 cm³/mol. The number of hydrogen-bond acceptors (Lipinski definition) is 10. The lowest BCUT2D eigenvalue weighted by molar-refractivity contribution is -0.873. The lowest BCUT2D eigenvalue weighted by Crippen LogP contribution is -2.36. The number of H-pyrrole nitrogens is 1. The third kappa shape index (κ3) is 16.0. The molecule has 2 aromatic heterocycles. The van der Waals surface area contributed by atoms with Crippen molar-refractivity contribution in [1.29, 1.82) is 0 Å². The van der Waals surface area contributed by atoms with Crippen LogP contribution >= 0.6 is 0 Å². The van der Waals surface area contributed by atoms with Crippen LogP contribution in [-0.4, -0.2) is 57.6 Å². The zero-order chi connectivity index (χ0) is 46.4. The van der Waals surface area contributed by atoms with E-state index in [4.69, 9.17) is 25.2 Å². The van der Waals surface area contributed by atoms with E-state index in [9.17, 15) is 10.0 Å². The number of nitrogens with zero attached hydrogens (tertiary/aromatic N) is 7. The van der Waals surface area contributed by atoms with Gasteiger partial charge in [-0.1, -0.05) is 29.1 Å². The summed E-state index contributed by atoms with van der Waals surface area (Å²) in [6.45, 7) is 12.1. The summed E-state index contributed by atoms with van der Waals surface area (Å²) < 4.78 is 10.9. The van der Waals surface area contributed by atoms with E-state index in [-0.39, 0.29) is 12.8 Å². The van der Waals surface area contributed by atoms with Crippen molar-refractivity contribution in [3.05, 3.63) is 58.1 Å². The fourth-order valence-electron chi connectivity index (χ4n) is 5.23. The van der Waals surface area contributed by atoms with E-state index in [0.717, 1.165) is 69.3 Å². The number of nitrogens with one attached hydrogen (secondary N) is 1. The molecule has 6 N–H and O–H groups in total. The number of aromatic amines is 1. The molecule has 1 amide bonds. The summed E-state index contributed by atoms with van der Waals surface area (Å²) in [5.41, 5.74) is 13.3. The average molecular weight is 865 g/mol. The minimum absolute atomic E-state index is 0. The number of ether oxygens (including phenoxy) is 1. The van der Waals surface area contributed by atoms with Crippen LogP contribution in [0.15, 0.2) is 50.5 Å². The number of primary amides is 1. The van der Waals surface area contributed by atoms with Gasteiger partial charge in [-0.25, -0.2) is 4.98 Å². The summed E-state index contributed by atoms with van der Waals surface area (Å²) in [5.74, 6) is 61.1. The van der Waals surface area contributed by atoms with E-state index in [1.807, 2.05) is 32.9 Å². The molecule has 16 nitrogen and oxygen atoms in total. The molecule has 1 fully saturated rings. The quantitative estimate of drug-likeness (QED) is 0.0532. The first-order valence-corrected chi connectivity index (χ1v) is 18.3. The molecule has 0 radical (unpaired) electrons. The van der Waals surface area contributed by atoms with Gasteiger partial charge in [0.25, 0.3) is 0 Å². The summed E-state index contributed by atoms with van der Waals surface area (Å²) >= 11 is 0. The SMILES string of the molecule is CC#CC#CC#CC#CC#CC#CC#CC#CC#CC#CC#CC.Cc1noc(C)c1-c1cc(-c2cccc(C(N)=O)c2C)c2nc(N3CCOCC3)[nH]c2c1.NN=NN=[N+]([O-])OO.[HH].[HH].[HH].[HH].[HH].[HH].[HH].[HH].[HH]. The fraction of sp³-hybridized carbons (Fsp3) is 0.188. The van der Waals surface area contributed by atoms with Gasteiger partial charge in [0.05, 0.1) is 40.2 Å². The molecule has 330 valence electrons. The standard InChI is InChI=1S/C24H25N5O3.C24H6.H3N5O3.9H2/c1-13-17(5-4-6-18(13)23(25)30)19-11-16(21-14(2)28-32-15(21)3)12-20-22(19)27-24(26-20)29-7-9-31-10-8-29;1-3-5-7-9-11-13-15-17-19-21-23-24-22-20-18-16-14-12-10-8-6-4-2;1-2-3-4-5(6)8-7;;;;;;;;;/h4-6,11-12H,7-10H2,1-3H3,(H2,25,30)(H,26,27);1-2H3;7H,(H2,1,3);9*1H. The Balaban J connectivity index is -0.000000192. The predicted octanol–water partition coefficient (Wildman–Crippen LogP) is 6.62. The van der Waals surface area contributed by atoms with Crippen molar-refractivity contribution in [1.82, 2.24) is 15.1 Å². The van der Waals surface area contributed by atoms with E-state index >= 15 is 0 Å². The van der Waals surface area contributed by atoms with Gasteiger partial charge in [0, 0.05) is 66.3 Å². The molecular weight excluding hydrogens is 813 g/mol. The smallest absolute Gasteiger partial charge is 0.248 e. The van der Waals surface area contributed by atoms with Gasteiger partial charge in [-0.3, -0.25) is 15.9 Å². The lowest BCUT2D eigenvalue weighted by atomic mass is 9.92. The van der Waals surface area contributed by atoms with Gasteiger partial charge in [-0.05, 0) is 164 Å². The molecule has 0 bridgehead atoms. The molecule has 2 aromatic carbocycles. The second-order valence-electron chi connectivity index (χ2n) is 11.7. The first-order chi connectivity index (χ1) is 31.2. The number of aromatic nitrogens is 3. The molecule has 0 unspecified atom stereocenters. The maximum Gasteiger partial charge on any atom is 0.248 e. The summed E-state index contributed by atoms with van der Waals surface area (Å²) in [4.78, 5) is 25.6. The number of nitrogens with two attached hydrogens (primary N) is 2. The highest BCUT2D eigenvalue weighted by Crippen LogP contribution is 2.38. The molecule has 64 heavy (non-hydrogen) atoms. The largest absolute Gasteiger partial charge is 0.378 e. The van der Waals surface area contributed by atoms with Crippen molar-refractivity contribution in [2.75, 3.05) is 31.2 Å².